The first kappa shape index (κ1) is 17.4. The third-order valence-corrected chi connectivity index (χ3v) is 3.55. The van der Waals surface area contributed by atoms with Gasteiger partial charge < -0.3 is 5.32 Å². The van der Waals surface area contributed by atoms with Gasteiger partial charge in [0.25, 0.3) is 5.69 Å². The highest BCUT2D eigenvalue weighted by Gasteiger charge is 2.12. The summed E-state index contributed by atoms with van der Waals surface area (Å²) in [7, 11) is 0. The number of nitro groups is 1. The van der Waals surface area contributed by atoms with Crippen LogP contribution in [0.4, 0.5) is 11.4 Å². The molecule has 124 valence electrons. The molecule has 0 saturated carbocycles. The smallest absolute Gasteiger partial charge is 0.269 e. The lowest BCUT2D eigenvalue weighted by atomic mass is 9.87. The second-order valence-electron chi connectivity index (χ2n) is 6.50. The zero-order chi connectivity index (χ0) is 17.7. The highest BCUT2D eigenvalue weighted by Crippen LogP contribution is 2.23. The topological polar surface area (TPSA) is 72.2 Å². The van der Waals surface area contributed by atoms with E-state index in [0.29, 0.717) is 0 Å². The van der Waals surface area contributed by atoms with Gasteiger partial charge in [-0.15, -0.1) is 0 Å². The molecule has 0 heterocycles. The van der Waals surface area contributed by atoms with E-state index in [9.17, 15) is 14.9 Å². The summed E-state index contributed by atoms with van der Waals surface area (Å²) in [5, 5.41) is 13.4. The van der Waals surface area contributed by atoms with E-state index in [-0.39, 0.29) is 17.0 Å². The summed E-state index contributed by atoms with van der Waals surface area (Å²) >= 11 is 0. The van der Waals surface area contributed by atoms with Crippen molar-refractivity contribution in [1.29, 1.82) is 0 Å². The number of rotatable bonds is 4. The van der Waals surface area contributed by atoms with Gasteiger partial charge in [-0.1, -0.05) is 32.9 Å². The Bertz CT molecular complexity index is 755. The molecule has 0 aliphatic heterocycles. The van der Waals surface area contributed by atoms with Crippen LogP contribution in [0, 0.1) is 10.1 Å². The molecule has 1 amide bonds. The number of nitro benzene ring substituents is 1. The van der Waals surface area contributed by atoms with Crippen molar-refractivity contribution >= 4 is 23.4 Å². The molecule has 24 heavy (non-hydrogen) atoms. The minimum absolute atomic E-state index is 0.0236. The van der Waals surface area contributed by atoms with Crippen LogP contribution in [0.25, 0.3) is 6.08 Å². The van der Waals surface area contributed by atoms with Crippen LogP contribution in [0.5, 0.6) is 0 Å². The molecule has 2 aromatic rings. The van der Waals surface area contributed by atoms with Crippen molar-refractivity contribution in [3.8, 4) is 0 Å². The number of hydrogen-bond acceptors (Lipinski definition) is 3. The van der Waals surface area contributed by atoms with Crippen LogP contribution in [-0.4, -0.2) is 10.8 Å². The largest absolute Gasteiger partial charge is 0.323 e. The molecule has 0 aliphatic carbocycles. The third kappa shape index (κ3) is 4.78. The first-order valence-corrected chi connectivity index (χ1v) is 7.60. The van der Waals surface area contributed by atoms with Crippen molar-refractivity contribution < 1.29 is 9.72 Å². The molecular formula is C19H20N2O3. The lowest BCUT2D eigenvalue weighted by molar-refractivity contribution is -0.384. The number of nitrogens with one attached hydrogen (secondary N) is 1. The van der Waals surface area contributed by atoms with Crippen molar-refractivity contribution in [3.05, 3.63) is 75.8 Å². The Balaban J connectivity index is 1.98. The Morgan fingerprint density at radius 1 is 1.04 bits per heavy atom. The monoisotopic (exact) mass is 324 g/mol. The molecule has 1 N–H and O–H groups in total. The second kappa shape index (κ2) is 7.08. The Morgan fingerprint density at radius 2 is 1.62 bits per heavy atom. The van der Waals surface area contributed by atoms with Gasteiger partial charge in [0.05, 0.1) is 4.92 Å². The van der Waals surface area contributed by atoms with Crippen molar-refractivity contribution in [2.75, 3.05) is 5.32 Å². The first-order chi connectivity index (χ1) is 11.3. The van der Waals surface area contributed by atoms with Gasteiger partial charge in [-0.2, -0.15) is 0 Å². The fourth-order valence-electron chi connectivity index (χ4n) is 2.12. The molecular weight excluding hydrogens is 304 g/mol. The van der Waals surface area contributed by atoms with Gasteiger partial charge in [-0.3, -0.25) is 14.9 Å². The van der Waals surface area contributed by atoms with Gasteiger partial charge in [0, 0.05) is 23.9 Å². The number of non-ortho nitro benzene ring substituents is 1. The summed E-state index contributed by atoms with van der Waals surface area (Å²) in [5.74, 6) is -0.253. The fraction of sp³-hybridized carbons (Fsp3) is 0.211. The minimum atomic E-state index is -0.457. The lowest BCUT2D eigenvalue weighted by Crippen LogP contribution is -2.12. The summed E-state index contributed by atoms with van der Waals surface area (Å²) in [4.78, 5) is 22.1. The lowest BCUT2D eigenvalue weighted by Gasteiger charge is -2.19. The molecule has 2 aromatic carbocycles. The van der Waals surface area contributed by atoms with E-state index < -0.39 is 4.92 Å². The average Bonchev–Trinajstić information content (AvgIpc) is 2.53. The molecule has 2 rings (SSSR count). The van der Waals surface area contributed by atoms with Crippen LogP contribution in [0.1, 0.15) is 31.9 Å². The summed E-state index contributed by atoms with van der Waals surface area (Å²) < 4.78 is 0. The van der Waals surface area contributed by atoms with Crippen molar-refractivity contribution in [1.82, 2.24) is 0 Å². The van der Waals surface area contributed by atoms with Gasteiger partial charge >= 0.3 is 0 Å². The van der Waals surface area contributed by atoms with E-state index in [4.69, 9.17) is 0 Å². The third-order valence-electron chi connectivity index (χ3n) is 3.55. The predicted octanol–water partition coefficient (Wildman–Crippen LogP) is 4.54. The Kier molecular flexibility index (Phi) is 5.14. The standard InChI is InChI=1S/C19H20N2O3/c1-19(2,3)15-7-9-16(10-8-15)20-18(22)13-6-14-4-11-17(12-5-14)21(23)24/h4-13H,1-3H3,(H,20,22)/b13-6+. The van der Waals surface area contributed by atoms with E-state index in [0.717, 1.165) is 11.3 Å². The van der Waals surface area contributed by atoms with Gasteiger partial charge in [0.2, 0.25) is 5.91 Å². The van der Waals surface area contributed by atoms with Crippen LogP contribution in [0.2, 0.25) is 0 Å². The van der Waals surface area contributed by atoms with Gasteiger partial charge in [0.1, 0.15) is 0 Å². The van der Waals surface area contributed by atoms with Crippen LogP contribution in [0.15, 0.2) is 54.6 Å². The Labute approximate surface area is 141 Å². The van der Waals surface area contributed by atoms with E-state index in [1.807, 2.05) is 24.3 Å². The maximum absolute atomic E-state index is 11.9. The normalized spacial score (nSPS) is 11.5. The number of amides is 1. The van der Waals surface area contributed by atoms with Crippen molar-refractivity contribution in [3.63, 3.8) is 0 Å². The SMILES string of the molecule is CC(C)(C)c1ccc(NC(=O)/C=C/c2ccc([N+](=O)[O-])cc2)cc1. The average molecular weight is 324 g/mol. The molecule has 5 nitrogen and oxygen atoms in total. The highest BCUT2D eigenvalue weighted by atomic mass is 16.6. The van der Waals surface area contributed by atoms with Gasteiger partial charge in [0.15, 0.2) is 0 Å². The summed E-state index contributed by atoms with van der Waals surface area (Å²) in [5.41, 5.74) is 2.73. The number of benzene rings is 2. The molecule has 5 heteroatoms. The zero-order valence-corrected chi connectivity index (χ0v) is 13.9. The molecule has 0 atom stereocenters. The Hall–Kier alpha value is -2.95. The van der Waals surface area contributed by atoms with Gasteiger partial charge in [-0.25, -0.2) is 0 Å². The number of carbonyl (C=O) groups is 1. The van der Waals surface area contributed by atoms with Crippen LogP contribution < -0.4 is 5.32 Å². The predicted molar refractivity (Wildman–Crippen MR) is 95.9 cm³/mol. The molecule has 0 radical (unpaired) electrons. The van der Waals surface area contributed by atoms with Crippen molar-refractivity contribution in [2.24, 2.45) is 0 Å². The second-order valence-corrected chi connectivity index (χ2v) is 6.50. The van der Waals surface area contributed by atoms with E-state index in [1.54, 1.807) is 18.2 Å². The summed E-state index contributed by atoms with van der Waals surface area (Å²) in [6.45, 7) is 6.40. The Morgan fingerprint density at radius 3 is 2.12 bits per heavy atom. The maximum atomic E-state index is 11.9. The fourth-order valence-corrected chi connectivity index (χ4v) is 2.12. The quantitative estimate of drug-likeness (QED) is 0.509. The number of carbonyl (C=O) groups excluding carboxylic acids is 1. The molecule has 0 spiro atoms. The van der Waals surface area contributed by atoms with Crippen molar-refractivity contribution in [2.45, 2.75) is 26.2 Å². The van der Waals surface area contributed by atoms with Crippen LogP contribution >= 0.6 is 0 Å². The van der Waals surface area contributed by atoms with Crippen LogP contribution in [0.3, 0.4) is 0 Å². The molecule has 0 aliphatic rings. The molecule has 0 aromatic heterocycles. The highest BCUT2D eigenvalue weighted by molar-refractivity contribution is 6.01. The summed E-state index contributed by atoms with van der Waals surface area (Å²) in [6, 6.07) is 13.7. The van der Waals surface area contributed by atoms with E-state index in [2.05, 4.69) is 26.1 Å². The summed E-state index contributed by atoms with van der Waals surface area (Å²) in [6.07, 6.45) is 3.02. The van der Waals surface area contributed by atoms with E-state index in [1.165, 1.54) is 23.8 Å². The molecule has 0 unspecified atom stereocenters. The van der Waals surface area contributed by atoms with E-state index >= 15 is 0 Å². The first-order valence-electron chi connectivity index (χ1n) is 7.60. The van der Waals surface area contributed by atoms with Gasteiger partial charge in [-0.05, 0) is 46.9 Å². The molecule has 0 fully saturated rings. The molecule has 0 bridgehead atoms. The number of anilines is 1. The van der Waals surface area contributed by atoms with Crippen LogP contribution in [-0.2, 0) is 10.2 Å². The molecule has 0 saturated heterocycles. The minimum Gasteiger partial charge on any atom is -0.323 e. The zero-order valence-electron chi connectivity index (χ0n) is 13.9. The maximum Gasteiger partial charge on any atom is 0.269 e. The number of hydrogen-bond donors (Lipinski definition) is 1. The number of nitrogens with zero attached hydrogens (tertiary/aromatic N) is 1.